The van der Waals surface area contributed by atoms with Gasteiger partial charge in [0.25, 0.3) is 0 Å². The second-order valence-electron chi connectivity index (χ2n) is 12.0. The van der Waals surface area contributed by atoms with Crippen LogP contribution >= 0.6 is 11.3 Å². The van der Waals surface area contributed by atoms with E-state index in [1.54, 1.807) is 32.1 Å². The van der Waals surface area contributed by atoms with E-state index < -0.39 is 48.0 Å². The fourth-order valence-electron chi connectivity index (χ4n) is 4.90. The summed E-state index contributed by atoms with van der Waals surface area (Å²) >= 11 is 1.57. The SMILES string of the molecule is Cc1cc(-c2scnc2C)ccc1CNC(=O)[C@@H]1C[C@@H](O)CN1C(=O)[C@@H](NC(=O)COCCOCCOCC(=O)O)C(C)(C)C. The fraction of sp³-hybridized carbons (Fsp3) is 0.581. The number of nitrogens with one attached hydrogen (secondary N) is 2. The van der Waals surface area contributed by atoms with Crippen LogP contribution in [0.1, 0.15) is 44.0 Å². The Morgan fingerprint density at radius 1 is 1.07 bits per heavy atom. The first kappa shape index (κ1) is 36.0. The Morgan fingerprint density at radius 3 is 2.33 bits per heavy atom. The van der Waals surface area contributed by atoms with Crippen molar-refractivity contribution in [2.24, 2.45) is 5.41 Å². The van der Waals surface area contributed by atoms with E-state index in [0.29, 0.717) is 0 Å². The van der Waals surface area contributed by atoms with Crippen molar-refractivity contribution in [2.75, 3.05) is 46.2 Å². The van der Waals surface area contributed by atoms with Gasteiger partial charge in [-0.05, 0) is 36.0 Å². The largest absolute Gasteiger partial charge is 0.480 e. The lowest BCUT2D eigenvalue weighted by molar-refractivity contribution is -0.144. The van der Waals surface area contributed by atoms with Crippen molar-refractivity contribution in [3.05, 3.63) is 40.5 Å². The van der Waals surface area contributed by atoms with E-state index in [-0.39, 0.29) is 58.5 Å². The molecule has 248 valence electrons. The first-order valence-electron chi connectivity index (χ1n) is 14.8. The summed E-state index contributed by atoms with van der Waals surface area (Å²) in [6.07, 6.45) is -0.780. The van der Waals surface area contributed by atoms with Gasteiger partial charge in [0.1, 0.15) is 25.3 Å². The highest BCUT2D eigenvalue weighted by atomic mass is 32.1. The highest BCUT2D eigenvalue weighted by Crippen LogP contribution is 2.29. The van der Waals surface area contributed by atoms with Crippen molar-refractivity contribution >= 4 is 35.0 Å². The average Bonchev–Trinajstić information content (AvgIpc) is 3.58. The maximum Gasteiger partial charge on any atom is 0.329 e. The van der Waals surface area contributed by atoms with Crippen LogP contribution < -0.4 is 10.6 Å². The van der Waals surface area contributed by atoms with Gasteiger partial charge in [-0.2, -0.15) is 0 Å². The molecule has 1 fully saturated rings. The molecule has 1 aromatic heterocycles. The van der Waals surface area contributed by atoms with Crippen molar-refractivity contribution in [1.29, 1.82) is 0 Å². The molecule has 0 bridgehead atoms. The van der Waals surface area contributed by atoms with Crippen LogP contribution in [-0.4, -0.2) is 108 Å². The van der Waals surface area contributed by atoms with Gasteiger partial charge in [0.15, 0.2) is 0 Å². The number of carbonyl (C=O) groups excluding carboxylic acids is 3. The summed E-state index contributed by atoms with van der Waals surface area (Å²) in [5, 5.41) is 24.6. The minimum Gasteiger partial charge on any atom is -0.480 e. The molecule has 3 atom stereocenters. The third-order valence-electron chi connectivity index (χ3n) is 7.29. The van der Waals surface area contributed by atoms with Gasteiger partial charge >= 0.3 is 5.97 Å². The third-order valence-corrected chi connectivity index (χ3v) is 8.27. The van der Waals surface area contributed by atoms with E-state index in [1.807, 2.05) is 31.5 Å². The van der Waals surface area contributed by atoms with Crippen molar-refractivity contribution in [3.63, 3.8) is 0 Å². The molecule has 1 saturated heterocycles. The Hall–Kier alpha value is -3.43. The van der Waals surface area contributed by atoms with E-state index in [2.05, 4.69) is 21.7 Å². The number of aliphatic hydroxyl groups excluding tert-OH is 1. The van der Waals surface area contributed by atoms with Crippen LogP contribution in [0.5, 0.6) is 0 Å². The van der Waals surface area contributed by atoms with E-state index in [4.69, 9.17) is 19.3 Å². The van der Waals surface area contributed by atoms with Crippen LogP contribution in [0.4, 0.5) is 0 Å². The Bertz CT molecular complexity index is 1330. The Kier molecular flexibility index (Phi) is 13.4. The number of carbonyl (C=O) groups is 4. The molecular weight excluding hydrogens is 604 g/mol. The molecule has 3 rings (SSSR count). The van der Waals surface area contributed by atoms with Crippen LogP contribution in [0.25, 0.3) is 10.4 Å². The van der Waals surface area contributed by atoms with Gasteiger partial charge in [0.05, 0.1) is 48.6 Å². The number of rotatable bonds is 16. The van der Waals surface area contributed by atoms with Gasteiger partial charge in [0.2, 0.25) is 17.7 Å². The number of thiazole rings is 1. The molecule has 0 unspecified atom stereocenters. The summed E-state index contributed by atoms with van der Waals surface area (Å²) in [7, 11) is 0. The predicted octanol–water partition coefficient (Wildman–Crippen LogP) is 1.67. The lowest BCUT2D eigenvalue weighted by atomic mass is 9.85. The zero-order valence-electron chi connectivity index (χ0n) is 26.5. The predicted molar refractivity (Wildman–Crippen MR) is 166 cm³/mol. The highest BCUT2D eigenvalue weighted by molar-refractivity contribution is 7.13. The monoisotopic (exact) mass is 648 g/mol. The van der Waals surface area contributed by atoms with Crippen molar-refractivity contribution in [1.82, 2.24) is 20.5 Å². The third kappa shape index (κ3) is 10.9. The van der Waals surface area contributed by atoms with Gasteiger partial charge in [-0.25, -0.2) is 9.78 Å². The zero-order valence-corrected chi connectivity index (χ0v) is 27.3. The van der Waals surface area contributed by atoms with Crippen molar-refractivity contribution in [2.45, 2.75) is 65.8 Å². The van der Waals surface area contributed by atoms with Crippen LogP contribution in [0.3, 0.4) is 0 Å². The molecule has 4 N–H and O–H groups in total. The number of carboxylic acids is 1. The van der Waals surface area contributed by atoms with Crippen LogP contribution in [-0.2, 0) is 39.9 Å². The van der Waals surface area contributed by atoms with Gasteiger partial charge in [-0.3, -0.25) is 14.4 Å². The molecular formula is C31H44N4O9S. The van der Waals surface area contributed by atoms with Crippen LogP contribution in [0, 0.1) is 19.3 Å². The molecule has 2 heterocycles. The van der Waals surface area contributed by atoms with Gasteiger partial charge < -0.3 is 40.0 Å². The summed E-state index contributed by atoms with van der Waals surface area (Å²) in [6.45, 7) is 9.45. The molecule has 0 saturated carbocycles. The zero-order chi connectivity index (χ0) is 33.1. The molecule has 1 aliphatic heterocycles. The Labute approximate surface area is 267 Å². The number of ether oxygens (including phenoxy) is 3. The molecule has 1 aliphatic rings. The number of carboxylic acid groups (broad SMARTS) is 1. The van der Waals surface area contributed by atoms with Crippen LogP contribution in [0.15, 0.2) is 23.7 Å². The first-order valence-corrected chi connectivity index (χ1v) is 15.7. The summed E-state index contributed by atoms with van der Waals surface area (Å²) < 4.78 is 15.5. The maximum atomic E-state index is 13.7. The number of benzene rings is 1. The highest BCUT2D eigenvalue weighted by Gasteiger charge is 2.44. The Balaban J connectivity index is 1.53. The summed E-state index contributed by atoms with van der Waals surface area (Å²) in [5.74, 6) is -2.41. The number of hydrogen-bond acceptors (Lipinski definition) is 10. The van der Waals surface area contributed by atoms with Gasteiger partial charge in [-0.1, -0.05) is 39.0 Å². The summed E-state index contributed by atoms with van der Waals surface area (Å²) in [5.41, 5.74) is 5.08. The number of aliphatic carboxylic acids is 1. The molecule has 0 aliphatic carbocycles. The van der Waals surface area contributed by atoms with E-state index >= 15 is 0 Å². The minimum absolute atomic E-state index is 0.0225. The lowest BCUT2D eigenvalue weighted by Gasteiger charge is -2.35. The average molecular weight is 649 g/mol. The van der Waals surface area contributed by atoms with Gasteiger partial charge in [-0.15, -0.1) is 11.3 Å². The normalized spacial score (nSPS) is 17.2. The lowest BCUT2D eigenvalue weighted by Crippen LogP contribution is -2.58. The van der Waals surface area contributed by atoms with E-state index in [9.17, 15) is 24.3 Å². The standard InChI is InChI=1S/C31H44N4O9S/c1-19-12-21(27-20(2)33-18-45-27)6-7-22(19)14-32-29(40)24-13-23(36)15-35(24)30(41)28(31(3,4)5)34-25(37)16-43-10-8-42-9-11-44-17-26(38)39/h6-7,12,18,23-24,28,36H,8-11,13-17H2,1-5H3,(H,32,40)(H,34,37)(H,38,39)/t23-,24+,28-/m1/s1. The summed E-state index contributed by atoms with van der Waals surface area (Å²) in [6, 6.07) is 4.16. The quantitative estimate of drug-likeness (QED) is 0.196. The van der Waals surface area contributed by atoms with E-state index in [0.717, 1.165) is 27.3 Å². The molecule has 0 spiro atoms. The molecule has 1 aromatic carbocycles. The molecule has 14 heteroatoms. The number of nitrogens with zero attached hydrogens (tertiary/aromatic N) is 2. The Morgan fingerprint density at radius 2 is 1.73 bits per heavy atom. The maximum absolute atomic E-state index is 13.7. The first-order chi connectivity index (χ1) is 21.3. The number of aryl methyl sites for hydroxylation is 2. The molecule has 3 amide bonds. The summed E-state index contributed by atoms with van der Waals surface area (Å²) in [4.78, 5) is 56.9. The molecule has 2 aromatic rings. The second-order valence-corrected chi connectivity index (χ2v) is 12.9. The van der Waals surface area contributed by atoms with E-state index in [1.165, 1.54) is 4.90 Å². The number of aliphatic hydroxyl groups is 1. The molecule has 13 nitrogen and oxygen atoms in total. The number of hydrogen-bond donors (Lipinski definition) is 4. The molecule has 0 radical (unpaired) electrons. The number of β-amino-alcohol motifs (C(OH)–C–C–N with tert-alkyl or cyclic N) is 1. The van der Waals surface area contributed by atoms with Crippen molar-refractivity contribution < 1.29 is 43.6 Å². The van der Waals surface area contributed by atoms with Crippen LogP contribution in [0.2, 0.25) is 0 Å². The van der Waals surface area contributed by atoms with Crippen molar-refractivity contribution in [3.8, 4) is 10.4 Å². The fourth-order valence-corrected chi connectivity index (χ4v) is 5.70. The van der Waals surface area contributed by atoms with Gasteiger partial charge in [0, 0.05) is 19.5 Å². The topological polar surface area (TPSA) is 177 Å². The minimum atomic E-state index is -1.06. The smallest absolute Gasteiger partial charge is 0.329 e. The number of likely N-dealkylation sites (tertiary alicyclic amines) is 1. The second kappa shape index (κ2) is 16.8. The molecule has 45 heavy (non-hydrogen) atoms. The number of amides is 3. The number of aromatic nitrogens is 1.